The predicted octanol–water partition coefficient (Wildman–Crippen LogP) is 0.742. The molecule has 0 aliphatic carbocycles. The van der Waals surface area contributed by atoms with Crippen molar-refractivity contribution in [2.75, 3.05) is 18.6 Å². The standard InChI is InChI=1S/C9H13N3O/c1-11-6-12(13)9(10)7-4-2-3-5-8(7)11/h2-5,9,13H,6,10H2,1H3. The van der Waals surface area contributed by atoms with Crippen LogP contribution in [0, 0.1) is 0 Å². The zero-order chi connectivity index (χ0) is 9.42. The molecule has 3 N–H and O–H groups in total. The number of hydroxylamine groups is 2. The Morgan fingerprint density at radius 2 is 2.15 bits per heavy atom. The fraction of sp³-hybridized carbons (Fsp3) is 0.333. The van der Waals surface area contributed by atoms with Gasteiger partial charge in [-0.3, -0.25) is 0 Å². The maximum absolute atomic E-state index is 9.46. The summed E-state index contributed by atoms with van der Waals surface area (Å²) < 4.78 is 0. The Hall–Kier alpha value is -1.10. The molecule has 1 unspecified atom stereocenters. The van der Waals surface area contributed by atoms with Crippen LogP contribution in [0.25, 0.3) is 0 Å². The molecule has 4 nitrogen and oxygen atoms in total. The first-order chi connectivity index (χ1) is 6.20. The van der Waals surface area contributed by atoms with Crippen LogP contribution in [0.15, 0.2) is 24.3 Å². The fourth-order valence-electron chi connectivity index (χ4n) is 1.63. The van der Waals surface area contributed by atoms with E-state index < -0.39 is 6.17 Å². The van der Waals surface area contributed by atoms with E-state index in [4.69, 9.17) is 5.73 Å². The van der Waals surface area contributed by atoms with Crippen molar-refractivity contribution >= 4 is 5.69 Å². The highest BCUT2D eigenvalue weighted by atomic mass is 16.5. The highest BCUT2D eigenvalue weighted by Gasteiger charge is 2.25. The lowest BCUT2D eigenvalue weighted by molar-refractivity contribution is -0.130. The number of nitrogens with two attached hydrogens (primary N) is 1. The quantitative estimate of drug-likeness (QED) is 0.617. The smallest absolute Gasteiger partial charge is 0.111 e. The van der Waals surface area contributed by atoms with Crippen LogP contribution in [-0.2, 0) is 0 Å². The van der Waals surface area contributed by atoms with Gasteiger partial charge >= 0.3 is 0 Å². The molecule has 1 heterocycles. The lowest BCUT2D eigenvalue weighted by Gasteiger charge is -2.36. The van der Waals surface area contributed by atoms with Gasteiger partial charge in [-0.2, -0.15) is 5.06 Å². The highest BCUT2D eigenvalue weighted by molar-refractivity contribution is 5.55. The van der Waals surface area contributed by atoms with Crippen LogP contribution in [0.3, 0.4) is 0 Å². The molecule has 1 aliphatic heterocycles. The molecule has 1 atom stereocenters. The van der Waals surface area contributed by atoms with Crippen LogP contribution in [-0.4, -0.2) is 24.0 Å². The first kappa shape index (κ1) is 8.50. The van der Waals surface area contributed by atoms with Gasteiger partial charge in [0.2, 0.25) is 0 Å². The third kappa shape index (κ3) is 1.29. The van der Waals surface area contributed by atoms with Crippen molar-refractivity contribution in [3.63, 3.8) is 0 Å². The van der Waals surface area contributed by atoms with Gasteiger partial charge in [0.25, 0.3) is 0 Å². The summed E-state index contributed by atoms with van der Waals surface area (Å²) in [6, 6.07) is 7.82. The maximum Gasteiger partial charge on any atom is 0.111 e. The molecule has 13 heavy (non-hydrogen) atoms. The highest BCUT2D eigenvalue weighted by Crippen LogP contribution is 2.29. The first-order valence-electron chi connectivity index (χ1n) is 4.21. The number of rotatable bonds is 0. The van der Waals surface area contributed by atoms with Crippen LogP contribution < -0.4 is 10.6 Å². The molecular formula is C9H13N3O. The molecule has 2 rings (SSSR count). The van der Waals surface area contributed by atoms with Crippen molar-refractivity contribution in [2.45, 2.75) is 6.17 Å². The van der Waals surface area contributed by atoms with E-state index in [9.17, 15) is 5.21 Å². The van der Waals surface area contributed by atoms with Crippen LogP contribution in [0.2, 0.25) is 0 Å². The van der Waals surface area contributed by atoms with Crippen LogP contribution in [0.4, 0.5) is 5.69 Å². The minimum atomic E-state index is -0.410. The van der Waals surface area contributed by atoms with Gasteiger partial charge in [-0.1, -0.05) is 18.2 Å². The molecule has 0 saturated heterocycles. The fourth-order valence-corrected chi connectivity index (χ4v) is 1.63. The number of hydrogen-bond acceptors (Lipinski definition) is 4. The first-order valence-corrected chi connectivity index (χ1v) is 4.21. The molecule has 0 saturated carbocycles. The zero-order valence-electron chi connectivity index (χ0n) is 7.51. The normalized spacial score (nSPS) is 23.0. The summed E-state index contributed by atoms with van der Waals surface area (Å²) in [4.78, 5) is 1.96. The van der Waals surface area contributed by atoms with E-state index in [1.165, 1.54) is 0 Å². The Morgan fingerprint density at radius 1 is 1.46 bits per heavy atom. The Kier molecular flexibility index (Phi) is 1.95. The number of anilines is 1. The molecule has 0 amide bonds. The average molecular weight is 179 g/mol. The molecular weight excluding hydrogens is 166 g/mol. The second kappa shape index (κ2) is 2.99. The summed E-state index contributed by atoms with van der Waals surface area (Å²) in [5.41, 5.74) is 7.84. The van der Waals surface area contributed by atoms with Crippen molar-refractivity contribution in [1.82, 2.24) is 5.06 Å². The van der Waals surface area contributed by atoms with E-state index in [0.717, 1.165) is 16.3 Å². The summed E-state index contributed by atoms with van der Waals surface area (Å²) in [6.07, 6.45) is -0.410. The lowest BCUT2D eigenvalue weighted by Crippen LogP contribution is -2.44. The predicted molar refractivity (Wildman–Crippen MR) is 50.3 cm³/mol. The number of nitrogens with zero attached hydrogens (tertiary/aromatic N) is 2. The SMILES string of the molecule is CN1CN(O)C(N)c2ccccc21. The molecule has 1 aromatic rings. The molecule has 0 radical (unpaired) electrons. The Labute approximate surface area is 77.1 Å². The second-order valence-electron chi connectivity index (χ2n) is 3.28. The van der Waals surface area contributed by atoms with E-state index in [2.05, 4.69) is 0 Å². The molecule has 0 spiro atoms. The second-order valence-corrected chi connectivity index (χ2v) is 3.28. The third-order valence-corrected chi connectivity index (χ3v) is 2.34. The Balaban J connectivity index is 2.47. The van der Waals surface area contributed by atoms with E-state index in [1.54, 1.807) is 0 Å². The summed E-state index contributed by atoms with van der Waals surface area (Å²) in [5.74, 6) is 0. The van der Waals surface area contributed by atoms with Crippen LogP contribution in [0.5, 0.6) is 0 Å². The summed E-state index contributed by atoms with van der Waals surface area (Å²) in [7, 11) is 1.92. The van der Waals surface area contributed by atoms with Crippen molar-refractivity contribution in [3.8, 4) is 0 Å². The molecule has 70 valence electrons. The number of para-hydroxylation sites is 1. The lowest BCUT2D eigenvalue weighted by atomic mass is 10.1. The molecule has 0 fully saturated rings. The largest absolute Gasteiger partial charge is 0.359 e. The Bertz CT molecular complexity index is 315. The molecule has 0 bridgehead atoms. The number of benzene rings is 1. The number of fused-ring (bicyclic) bond motifs is 1. The molecule has 4 heteroatoms. The van der Waals surface area contributed by atoms with E-state index >= 15 is 0 Å². The van der Waals surface area contributed by atoms with Gasteiger partial charge in [0.1, 0.15) is 6.17 Å². The van der Waals surface area contributed by atoms with Crippen molar-refractivity contribution in [2.24, 2.45) is 5.73 Å². The summed E-state index contributed by atoms with van der Waals surface area (Å²) in [6.45, 7) is 0.443. The van der Waals surface area contributed by atoms with Crippen molar-refractivity contribution in [1.29, 1.82) is 0 Å². The zero-order valence-corrected chi connectivity index (χ0v) is 7.51. The van der Waals surface area contributed by atoms with Gasteiger partial charge in [-0.25, -0.2) is 0 Å². The molecule has 0 aromatic heterocycles. The topological polar surface area (TPSA) is 52.7 Å². The number of hydrogen-bond donors (Lipinski definition) is 2. The van der Waals surface area contributed by atoms with E-state index in [-0.39, 0.29) is 0 Å². The third-order valence-electron chi connectivity index (χ3n) is 2.34. The van der Waals surface area contributed by atoms with E-state index in [0.29, 0.717) is 6.67 Å². The van der Waals surface area contributed by atoms with Crippen molar-refractivity contribution < 1.29 is 5.21 Å². The van der Waals surface area contributed by atoms with E-state index in [1.807, 2.05) is 36.2 Å². The monoisotopic (exact) mass is 179 g/mol. The van der Waals surface area contributed by atoms with Gasteiger partial charge in [0.05, 0.1) is 6.67 Å². The van der Waals surface area contributed by atoms with Gasteiger partial charge < -0.3 is 15.8 Å². The average Bonchev–Trinajstić information content (AvgIpc) is 2.15. The van der Waals surface area contributed by atoms with Gasteiger partial charge in [0, 0.05) is 18.3 Å². The van der Waals surface area contributed by atoms with Crippen LogP contribution >= 0.6 is 0 Å². The summed E-state index contributed by atoms with van der Waals surface area (Å²) in [5, 5.41) is 10.6. The molecule has 1 aromatic carbocycles. The van der Waals surface area contributed by atoms with Gasteiger partial charge in [-0.15, -0.1) is 0 Å². The molecule has 1 aliphatic rings. The van der Waals surface area contributed by atoms with Crippen molar-refractivity contribution in [3.05, 3.63) is 29.8 Å². The Morgan fingerprint density at radius 3 is 2.92 bits per heavy atom. The minimum Gasteiger partial charge on any atom is -0.359 e. The van der Waals surface area contributed by atoms with Gasteiger partial charge in [0.15, 0.2) is 0 Å². The minimum absolute atomic E-state index is 0.410. The summed E-state index contributed by atoms with van der Waals surface area (Å²) >= 11 is 0. The van der Waals surface area contributed by atoms with Crippen LogP contribution in [0.1, 0.15) is 11.7 Å². The maximum atomic E-state index is 9.46. The van der Waals surface area contributed by atoms with Gasteiger partial charge in [-0.05, 0) is 6.07 Å².